The zero-order valence-corrected chi connectivity index (χ0v) is 12.7. The van der Waals surface area contributed by atoms with E-state index >= 15 is 0 Å². The van der Waals surface area contributed by atoms with Gasteiger partial charge in [0.1, 0.15) is 12.2 Å². The molecular weight excluding hydrogens is 272 g/mol. The number of benzene rings is 1. The minimum Gasteiger partial charge on any atom is -0.460 e. The van der Waals surface area contributed by atoms with Crippen LogP contribution in [0, 0.1) is 0 Å². The summed E-state index contributed by atoms with van der Waals surface area (Å²) in [6.07, 6.45) is -0.656. The molecule has 21 heavy (non-hydrogen) atoms. The Hall–Kier alpha value is -2.08. The molecule has 0 spiro atoms. The van der Waals surface area contributed by atoms with Gasteiger partial charge in [0.05, 0.1) is 13.0 Å². The van der Waals surface area contributed by atoms with Gasteiger partial charge in [-0.1, -0.05) is 30.3 Å². The molecule has 0 aromatic heterocycles. The van der Waals surface area contributed by atoms with Crippen LogP contribution >= 0.6 is 0 Å². The van der Waals surface area contributed by atoms with Crippen molar-refractivity contribution in [2.24, 2.45) is 5.84 Å². The normalized spacial score (nSPS) is 10.9. The molecule has 0 aliphatic heterocycles. The van der Waals surface area contributed by atoms with Crippen molar-refractivity contribution in [3.63, 3.8) is 0 Å². The number of esters is 1. The Balaban J connectivity index is 2.30. The van der Waals surface area contributed by atoms with E-state index in [0.29, 0.717) is 0 Å². The van der Waals surface area contributed by atoms with Crippen LogP contribution in [-0.2, 0) is 20.9 Å². The molecule has 0 saturated heterocycles. The molecule has 0 aliphatic carbocycles. The summed E-state index contributed by atoms with van der Waals surface area (Å²) >= 11 is 0. The van der Waals surface area contributed by atoms with Crippen molar-refractivity contribution in [1.82, 2.24) is 5.01 Å². The molecule has 0 radical (unpaired) electrons. The molecule has 0 heterocycles. The summed E-state index contributed by atoms with van der Waals surface area (Å²) in [7, 11) is 0. The van der Waals surface area contributed by atoms with Crippen LogP contribution in [0.15, 0.2) is 30.3 Å². The quantitative estimate of drug-likeness (QED) is 0.390. The van der Waals surface area contributed by atoms with Crippen molar-refractivity contribution < 1.29 is 19.1 Å². The number of nitrogens with two attached hydrogens (primary N) is 1. The number of hydrogen-bond donors (Lipinski definition) is 1. The molecule has 0 fully saturated rings. The molecular formula is C15H22N2O4. The van der Waals surface area contributed by atoms with Crippen LogP contribution in [0.5, 0.6) is 0 Å². The third-order valence-corrected chi connectivity index (χ3v) is 2.42. The first kappa shape index (κ1) is 17.0. The molecule has 116 valence electrons. The Bertz CT molecular complexity index is 468. The van der Waals surface area contributed by atoms with Crippen molar-refractivity contribution in [2.75, 3.05) is 6.54 Å². The molecule has 1 rings (SSSR count). The van der Waals surface area contributed by atoms with Crippen LogP contribution < -0.4 is 5.84 Å². The number of amides is 1. The van der Waals surface area contributed by atoms with E-state index in [9.17, 15) is 9.59 Å². The van der Waals surface area contributed by atoms with Crippen molar-refractivity contribution >= 4 is 12.1 Å². The summed E-state index contributed by atoms with van der Waals surface area (Å²) in [5.74, 6) is 5.14. The number of rotatable bonds is 5. The van der Waals surface area contributed by atoms with Gasteiger partial charge in [-0.3, -0.25) is 4.79 Å². The van der Waals surface area contributed by atoms with E-state index in [2.05, 4.69) is 0 Å². The molecule has 1 aromatic rings. The maximum atomic E-state index is 11.6. The monoisotopic (exact) mass is 294 g/mol. The second-order valence-electron chi connectivity index (χ2n) is 5.57. The fourth-order valence-corrected chi connectivity index (χ4v) is 1.50. The smallest absolute Gasteiger partial charge is 0.424 e. The third kappa shape index (κ3) is 7.31. The van der Waals surface area contributed by atoms with Gasteiger partial charge in [0.15, 0.2) is 0 Å². The van der Waals surface area contributed by atoms with Crippen molar-refractivity contribution in [3.8, 4) is 0 Å². The van der Waals surface area contributed by atoms with Crippen molar-refractivity contribution in [1.29, 1.82) is 0 Å². The zero-order valence-electron chi connectivity index (χ0n) is 12.7. The van der Waals surface area contributed by atoms with Gasteiger partial charge in [-0.25, -0.2) is 15.6 Å². The SMILES string of the molecule is CC(C)(C)OC(=O)CCN(N)C(=O)OCc1ccccc1. The van der Waals surface area contributed by atoms with Gasteiger partial charge in [0.25, 0.3) is 0 Å². The Labute approximate surface area is 124 Å². The molecule has 0 unspecified atom stereocenters. The molecule has 0 saturated carbocycles. The number of carbonyl (C=O) groups excluding carboxylic acids is 2. The van der Waals surface area contributed by atoms with E-state index < -0.39 is 17.7 Å². The average Bonchev–Trinajstić information content (AvgIpc) is 2.41. The lowest BCUT2D eigenvalue weighted by atomic mass is 10.2. The largest absolute Gasteiger partial charge is 0.460 e. The Morgan fingerprint density at radius 2 is 1.81 bits per heavy atom. The maximum Gasteiger partial charge on any atom is 0.424 e. The lowest BCUT2D eigenvalue weighted by Gasteiger charge is -2.21. The number of nitrogens with zero attached hydrogens (tertiary/aromatic N) is 1. The van der Waals surface area contributed by atoms with Crippen LogP contribution in [-0.4, -0.2) is 29.2 Å². The summed E-state index contributed by atoms with van der Waals surface area (Å²) < 4.78 is 10.2. The first-order valence-corrected chi connectivity index (χ1v) is 6.73. The molecule has 1 aromatic carbocycles. The van der Waals surface area contributed by atoms with Gasteiger partial charge >= 0.3 is 12.1 Å². The fraction of sp³-hybridized carbons (Fsp3) is 0.467. The van der Waals surface area contributed by atoms with Gasteiger partial charge in [-0.05, 0) is 26.3 Å². The van der Waals surface area contributed by atoms with Crippen LogP contribution in [0.25, 0.3) is 0 Å². The van der Waals surface area contributed by atoms with Crippen molar-refractivity contribution in [3.05, 3.63) is 35.9 Å². The predicted molar refractivity (Wildman–Crippen MR) is 78.0 cm³/mol. The summed E-state index contributed by atoms with van der Waals surface area (Å²) in [5.41, 5.74) is 0.316. The molecule has 1 amide bonds. The fourth-order valence-electron chi connectivity index (χ4n) is 1.50. The summed E-state index contributed by atoms with van der Waals surface area (Å²) in [5, 5.41) is 0.868. The molecule has 0 aliphatic rings. The number of hydrogen-bond acceptors (Lipinski definition) is 5. The number of carbonyl (C=O) groups is 2. The third-order valence-electron chi connectivity index (χ3n) is 2.42. The second-order valence-corrected chi connectivity index (χ2v) is 5.57. The first-order valence-electron chi connectivity index (χ1n) is 6.73. The predicted octanol–water partition coefficient (Wildman–Crippen LogP) is 2.23. The lowest BCUT2D eigenvalue weighted by Crippen LogP contribution is -2.39. The average molecular weight is 294 g/mol. The van der Waals surface area contributed by atoms with Gasteiger partial charge < -0.3 is 9.47 Å². The van der Waals surface area contributed by atoms with Crippen molar-refractivity contribution in [2.45, 2.75) is 39.4 Å². The van der Waals surface area contributed by atoms with E-state index in [4.69, 9.17) is 15.3 Å². The van der Waals surface area contributed by atoms with Gasteiger partial charge in [-0.2, -0.15) is 0 Å². The van der Waals surface area contributed by atoms with Crippen LogP contribution in [0.2, 0.25) is 0 Å². The van der Waals surface area contributed by atoms with Gasteiger partial charge in [0, 0.05) is 0 Å². The Morgan fingerprint density at radius 1 is 1.19 bits per heavy atom. The highest BCUT2D eigenvalue weighted by molar-refractivity contribution is 5.72. The van der Waals surface area contributed by atoms with E-state index in [1.807, 2.05) is 30.3 Å². The molecule has 6 nitrogen and oxygen atoms in total. The van der Waals surface area contributed by atoms with E-state index in [0.717, 1.165) is 10.6 Å². The van der Waals surface area contributed by atoms with Crippen LogP contribution in [0.4, 0.5) is 4.79 Å². The zero-order chi connectivity index (χ0) is 15.9. The Morgan fingerprint density at radius 3 is 2.38 bits per heavy atom. The summed E-state index contributed by atoms with van der Waals surface area (Å²) in [4.78, 5) is 23.1. The second kappa shape index (κ2) is 7.64. The first-order chi connectivity index (χ1) is 9.78. The van der Waals surface area contributed by atoms with Gasteiger partial charge in [0.2, 0.25) is 0 Å². The van der Waals surface area contributed by atoms with E-state index in [1.165, 1.54) is 0 Å². The highest BCUT2D eigenvalue weighted by atomic mass is 16.6. The minimum absolute atomic E-state index is 0.0220. The molecule has 2 N–H and O–H groups in total. The number of hydrazine groups is 1. The molecule has 0 atom stereocenters. The summed E-state index contributed by atoms with van der Waals surface area (Å²) in [6, 6.07) is 9.27. The summed E-state index contributed by atoms with van der Waals surface area (Å²) in [6.45, 7) is 5.51. The van der Waals surface area contributed by atoms with E-state index in [-0.39, 0.29) is 19.6 Å². The highest BCUT2D eigenvalue weighted by Gasteiger charge is 2.18. The number of ether oxygens (including phenoxy) is 2. The van der Waals surface area contributed by atoms with Crippen LogP contribution in [0.3, 0.4) is 0 Å². The lowest BCUT2D eigenvalue weighted by molar-refractivity contribution is -0.155. The Kier molecular flexibility index (Phi) is 6.17. The standard InChI is InChI=1S/C15H22N2O4/c1-15(2,3)21-13(18)9-10-17(16)14(19)20-11-12-7-5-4-6-8-12/h4-8H,9-11,16H2,1-3H3. The maximum absolute atomic E-state index is 11.6. The highest BCUT2D eigenvalue weighted by Crippen LogP contribution is 2.08. The van der Waals surface area contributed by atoms with Gasteiger partial charge in [-0.15, -0.1) is 0 Å². The minimum atomic E-state index is -0.678. The topological polar surface area (TPSA) is 81.9 Å². The van der Waals surface area contributed by atoms with E-state index in [1.54, 1.807) is 20.8 Å². The molecule has 6 heteroatoms. The van der Waals surface area contributed by atoms with Crippen LogP contribution in [0.1, 0.15) is 32.8 Å². The molecule has 0 bridgehead atoms.